The van der Waals surface area contributed by atoms with Gasteiger partial charge in [-0.25, -0.2) is 19.6 Å². The fraction of sp³-hybridized carbons (Fsp3) is 0.438. The number of Topliss-reactive ketones (excluding diaryl/α,β-unsaturated/α-hetero) is 4. The van der Waals surface area contributed by atoms with Gasteiger partial charge in [0.25, 0.3) is 0 Å². The molecule has 10 atom stereocenters. The summed E-state index contributed by atoms with van der Waals surface area (Å²) in [5, 5.41) is 0.857. The van der Waals surface area contributed by atoms with Gasteiger partial charge in [-0.15, -0.1) is 22.7 Å². The van der Waals surface area contributed by atoms with E-state index >= 15 is 9.59 Å². The molecule has 14 rings (SSSR count). The third-order valence-electron chi connectivity index (χ3n) is 19.0. The Kier molecular flexibility index (Phi) is 12.1. The molecule has 10 unspecified atom stereocenters. The van der Waals surface area contributed by atoms with E-state index in [1.54, 1.807) is 6.07 Å². The van der Waals surface area contributed by atoms with Gasteiger partial charge in [-0.3, -0.25) is 19.2 Å². The van der Waals surface area contributed by atoms with E-state index in [0.717, 1.165) is 67.4 Å². The predicted molar refractivity (Wildman–Crippen MR) is 296 cm³/mol. The molecule has 0 radical (unpaired) electrons. The number of allylic oxidation sites excluding steroid dienone is 4. The molecule has 8 aliphatic carbocycles. The smallest absolute Gasteiger partial charge is 0.367 e. The highest BCUT2D eigenvalue weighted by Crippen LogP contribution is 2.59. The number of carbonyl (C=O) groups excluding carboxylic acids is 6. The lowest BCUT2D eigenvalue weighted by atomic mass is 9.64. The highest BCUT2D eigenvalue weighted by Gasteiger charge is 2.61. The predicted octanol–water partition coefficient (Wildman–Crippen LogP) is 12.3. The van der Waals surface area contributed by atoms with Crippen LogP contribution in [0.5, 0.6) is 11.5 Å². The molecule has 2 aromatic carbocycles. The molecule has 10 aliphatic rings. The van der Waals surface area contributed by atoms with Gasteiger partial charge in [0.05, 0.1) is 9.75 Å². The Morgan fingerprint density at radius 3 is 1.35 bits per heavy atom. The van der Waals surface area contributed by atoms with E-state index in [0.29, 0.717) is 73.8 Å². The summed E-state index contributed by atoms with van der Waals surface area (Å²) in [5.41, 5.74) is 0.730. The number of ether oxygens (including phenoxy) is 4. The summed E-state index contributed by atoms with van der Waals surface area (Å²) in [7, 11) is 0. The van der Waals surface area contributed by atoms with E-state index < -0.39 is 29.1 Å². The first-order valence-electron chi connectivity index (χ1n) is 28.1. The second kappa shape index (κ2) is 19.0. The maximum atomic E-state index is 15.3. The van der Waals surface area contributed by atoms with Crippen molar-refractivity contribution in [2.24, 2.45) is 69.2 Å². The average Bonchev–Trinajstić information content (AvgIpc) is 4.13. The van der Waals surface area contributed by atoms with Crippen molar-refractivity contribution in [3.63, 3.8) is 0 Å². The summed E-state index contributed by atoms with van der Waals surface area (Å²) < 4.78 is 25.9. The molecular formula is C64H60N2O10S2. The Labute approximate surface area is 460 Å². The summed E-state index contributed by atoms with van der Waals surface area (Å²) in [5.74, 6) is -2.06. The Morgan fingerprint density at radius 1 is 0.538 bits per heavy atom. The van der Waals surface area contributed by atoms with Gasteiger partial charge in [-0.05, 0) is 85.5 Å². The monoisotopic (exact) mass is 1080 g/mol. The van der Waals surface area contributed by atoms with Crippen molar-refractivity contribution in [2.75, 3.05) is 0 Å². The maximum absolute atomic E-state index is 15.3. The van der Waals surface area contributed by atoms with Crippen molar-refractivity contribution in [3.8, 4) is 11.5 Å². The third-order valence-corrected chi connectivity index (χ3v) is 21.1. The van der Waals surface area contributed by atoms with Crippen LogP contribution in [0.25, 0.3) is 11.1 Å². The third kappa shape index (κ3) is 8.16. The highest BCUT2D eigenvalue weighted by molar-refractivity contribution is 7.18. The number of hydrogen-bond acceptors (Lipinski definition) is 14. The van der Waals surface area contributed by atoms with Crippen LogP contribution in [0.2, 0.25) is 0 Å². The number of carbonyl (C=O) groups is 6. The van der Waals surface area contributed by atoms with Gasteiger partial charge in [-0.2, -0.15) is 0 Å². The van der Waals surface area contributed by atoms with Crippen LogP contribution in [0.15, 0.2) is 118 Å². The van der Waals surface area contributed by atoms with E-state index in [1.165, 1.54) is 35.5 Å². The average molecular weight is 1080 g/mol. The molecule has 6 saturated carbocycles. The normalized spacial score (nSPS) is 30.5. The van der Waals surface area contributed by atoms with Crippen LogP contribution in [0.1, 0.15) is 112 Å². The minimum Gasteiger partial charge on any atom is -0.482 e. The number of hydrogen-bond donors (Lipinski definition) is 0. The zero-order valence-electron chi connectivity index (χ0n) is 43.7. The molecule has 2 aromatic heterocycles. The molecule has 0 N–H and O–H groups in total. The number of thiophene rings is 2. The Hall–Kier alpha value is -6.64. The van der Waals surface area contributed by atoms with Crippen molar-refractivity contribution < 1.29 is 47.7 Å². The highest BCUT2D eigenvalue weighted by atomic mass is 32.1. The van der Waals surface area contributed by atoms with Crippen molar-refractivity contribution >= 4 is 90.3 Å². The van der Waals surface area contributed by atoms with Crippen molar-refractivity contribution in [1.82, 2.24) is 0 Å². The first-order chi connectivity index (χ1) is 37.8. The number of nitrogens with zero attached hydrogens (tertiary/aromatic N) is 2. The fourth-order valence-electron chi connectivity index (χ4n) is 15.2. The second-order valence-electron chi connectivity index (χ2n) is 23.9. The summed E-state index contributed by atoms with van der Waals surface area (Å²) in [6.45, 7) is 3.70. The van der Waals surface area contributed by atoms with Gasteiger partial charge >= 0.3 is 17.5 Å². The summed E-state index contributed by atoms with van der Waals surface area (Å²) in [6, 6.07) is 21.8. The number of aliphatic imine (C=N–C) groups is 2. The maximum Gasteiger partial charge on any atom is 0.367 e. The van der Waals surface area contributed by atoms with E-state index in [1.807, 2.05) is 92.7 Å². The minimum absolute atomic E-state index is 0.0416. The molecule has 2 aliphatic heterocycles. The molecule has 6 fully saturated rings. The molecular weight excluding hydrogens is 1020 g/mol. The number of esters is 2. The van der Waals surface area contributed by atoms with E-state index in [2.05, 4.69) is 12.2 Å². The van der Waals surface area contributed by atoms with Crippen LogP contribution in [0.4, 0.5) is 10.0 Å². The lowest BCUT2D eigenvalue weighted by Gasteiger charge is -2.42. The first kappa shape index (κ1) is 49.6. The zero-order valence-corrected chi connectivity index (χ0v) is 45.3. The number of ketones is 4. The molecule has 398 valence electrons. The quantitative estimate of drug-likeness (QED) is 0.122. The second-order valence-corrected chi connectivity index (χ2v) is 26.0. The largest absolute Gasteiger partial charge is 0.482 e. The molecule has 78 heavy (non-hydrogen) atoms. The first-order valence-corrected chi connectivity index (χ1v) is 29.8. The molecule has 12 nitrogen and oxygen atoms in total. The lowest BCUT2D eigenvalue weighted by Crippen LogP contribution is -2.57. The van der Waals surface area contributed by atoms with Crippen LogP contribution in [0.3, 0.4) is 0 Å². The standard InChI is InChI=1S/C64H60N2O10S2/c1-63(2)47-27-39-26-46-48(28-40(39)25-45(47)59-49(75-63)29-51(77-59)65-53-55(67)41-21-35-17-9-10-18-36(35)22-42(41)56(53)68)64(61(71)73-31-33-13-5-3-6-14-33,62(72)74-32-34-15-7-4-8-16-34)76-50-30-52(78-60(46)50)66-54-57(69)43-23-37-19-11-12-20-38(37)24-44(43)58(54)70/h3-8,13-16,25-30,35-44H,9-12,17-24,31-32H2,1-2H3. The number of benzene rings is 2. The fourth-order valence-corrected chi connectivity index (χ4v) is 17.2. The van der Waals surface area contributed by atoms with Crippen molar-refractivity contribution in [3.05, 3.63) is 129 Å². The number of fused-ring (bicyclic) bond motifs is 11. The molecule has 4 heterocycles. The van der Waals surface area contributed by atoms with Crippen LogP contribution in [-0.4, -0.2) is 57.7 Å². The van der Waals surface area contributed by atoms with E-state index in [9.17, 15) is 19.2 Å². The molecule has 0 amide bonds. The van der Waals surface area contributed by atoms with Gasteiger partial charge in [0.15, 0.2) is 34.6 Å². The lowest BCUT2D eigenvalue weighted by molar-refractivity contribution is -0.177. The van der Waals surface area contributed by atoms with Crippen LogP contribution < -0.4 is 9.47 Å². The summed E-state index contributed by atoms with van der Waals surface area (Å²) >= 11 is 2.61. The number of rotatable bonds is 8. The van der Waals surface area contributed by atoms with Gasteiger partial charge in [0.2, 0.25) is 0 Å². The topological polar surface area (TPSA) is 164 Å². The van der Waals surface area contributed by atoms with Crippen LogP contribution in [-0.2, 0) is 51.5 Å². The van der Waals surface area contributed by atoms with Crippen molar-refractivity contribution in [1.29, 1.82) is 0 Å². The van der Waals surface area contributed by atoms with Crippen LogP contribution >= 0.6 is 22.7 Å². The summed E-state index contributed by atoms with van der Waals surface area (Å²) in [4.78, 5) is 98.0. The Bertz CT molecular complexity index is 3320. The SMILES string of the molecule is CC1(C)Oc2cc(N=C3C(=O)C4CC5CCCCC5CC4C3=O)sc2C2=CC3C=C4C(=CC3C=C21)c1sc(N=C2C(=O)C3CC5CCCCC5CC3C2=O)cc1OC4(C(=O)OCc1ccccc1)C(=O)OCc1ccccc1. The Morgan fingerprint density at radius 2 is 0.923 bits per heavy atom. The molecule has 0 saturated heterocycles. The van der Waals surface area contributed by atoms with Gasteiger partial charge < -0.3 is 18.9 Å². The van der Waals surface area contributed by atoms with E-state index in [-0.39, 0.29) is 88.7 Å². The summed E-state index contributed by atoms with van der Waals surface area (Å²) in [6.07, 6.45) is 20.3. The van der Waals surface area contributed by atoms with E-state index in [4.69, 9.17) is 28.9 Å². The molecule has 4 aromatic rings. The Balaban J connectivity index is 0.857. The molecule has 0 bridgehead atoms. The van der Waals surface area contributed by atoms with Gasteiger partial charge in [0, 0.05) is 58.8 Å². The zero-order chi connectivity index (χ0) is 53.2. The minimum atomic E-state index is -2.47. The van der Waals surface area contributed by atoms with Crippen LogP contribution in [0, 0.1) is 59.2 Å². The van der Waals surface area contributed by atoms with Crippen molar-refractivity contribution in [2.45, 2.75) is 115 Å². The molecule has 14 heteroatoms. The molecule has 0 spiro atoms. The van der Waals surface area contributed by atoms with Gasteiger partial charge in [0.1, 0.15) is 40.3 Å². The van der Waals surface area contributed by atoms with Gasteiger partial charge in [-0.1, -0.05) is 136 Å².